The van der Waals surface area contributed by atoms with E-state index in [0.717, 1.165) is 49.9 Å². The lowest BCUT2D eigenvalue weighted by Gasteiger charge is -2.36. The van der Waals surface area contributed by atoms with Crippen molar-refractivity contribution in [2.75, 3.05) is 19.7 Å². The molecule has 4 nitrogen and oxygen atoms in total. The smallest absolute Gasteiger partial charge is 0.251 e. The van der Waals surface area contributed by atoms with Crippen molar-refractivity contribution in [3.8, 4) is 5.75 Å². The third kappa shape index (κ3) is 5.33. The summed E-state index contributed by atoms with van der Waals surface area (Å²) in [5.74, 6) is -0.0724. The molecule has 2 N–H and O–H groups in total. The number of hydrogen-bond donors (Lipinski definition) is 1. The summed E-state index contributed by atoms with van der Waals surface area (Å²) in [4.78, 5) is 13.9. The van der Waals surface area contributed by atoms with Crippen molar-refractivity contribution in [1.29, 1.82) is 0 Å². The number of rotatable bonds is 7. The molecule has 4 rings (SSSR count). The van der Waals surface area contributed by atoms with Gasteiger partial charge in [-0.05, 0) is 92.9 Å². The number of carbonyl (C=O) groups is 1. The molecule has 1 saturated heterocycles. The van der Waals surface area contributed by atoms with Crippen LogP contribution in [0.5, 0.6) is 5.75 Å². The standard InChI is InChI=1S/C24H27Cl2FN2O2/c1-14(17-8-18(25)10-19(26)9-17)29-6-4-15(5-7-29)13-31-23-12-22(27)21(24(28)30)11-20(23)16-2-3-16/h8-12,14-16H,2-7,13H2,1H3,(H2,28,30). The van der Waals surface area contributed by atoms with Gasteiger partial charge in [-0.1, -0.05) is 23.2 Å². The zero-order chi connectivity index (χ0) is 22.1. The third-order valence-corrected chi connectivity index (χ3v) is 6.86. The highest BCUT2D eigenvalue weighted by molar-refractivity contribution is 6.34. The minimum absolute atomic E-state index is 0.0577. The van der Waals surface area contributed by atoms with Crippen LogP contribution in [0.2, 0.25) is 10.0 Å². The van der Waals surface area contributed by atoms with E-state index < -0.39 is 11.7 Å². The molecular formula is C24H27Cl2FN2O2. The SMILES string of the molecule is CC(c1cc(Cl)cc(Cl)c1)N1CCC(COc2cc(F)c(C(N)=O)cc2C2CC2)CC1. The number of piperidine rings is 1. The second-order valence-corrected chi connectivity index (χ2v) is 9.55. The Labute approximate surface area is 192 Å². The maximum absolute atomic E-state index is 14.3. The van der Waals surface area contributed by atoms with Crippen molar-refractivity contribution in [2.24, 2.45) is 11.7 Å². The van der Waals surface area contributed by atoms with Crippen LogP contribution in [0, 0.1) is 11.7 Å². The third-order valence-electron chi connectivity index (χ3n) is 6.42. The van der Waals surface area contributed by atoms with Gasteiger partial charge in [0.05, 0.1) is 12.2 Å². The first kappa shape index (κ1) is 22.4. The van der Waals surface area contributed by atoms with Crippen molar-refractivity contribution in [1.82, 2.24) is 4.90 Å². The molecule has 1 aliphatic carbocycles. The molecular weight excluding hydrogens is 438 g/mol. The van der Waals surface area contributed by atoms with Gasteiger partial charge in [-0.25, -0.2) is 4.39 Å². The fourth-order valence-corrected chi connectivity index (χ4v) is 4.88. The number of carbonyl (C=O) groups excluding carboxylic acids is 1. The summed E-state index contributed by atoms with van der Waals surface area (Å²) in [5, 5.41) is 1.30. The van der Waals surface area contributed by atoms with Crippen LogP contribution in [0.4, 0.5) is 4.39 Å². The highest BCUT2D eigenvalue weighted by Crippen LogP contribution is 2.45. The minimum atomic E-state index is -0.742. The Morgan fingerprint density at radius 3 is 2.35 bits per heavy atom. The van der Waals surface area contributed by atoms with E-state index in [1.165, 1.54) is 6.07 Å². The second-order valence-electron chi connectivity index (χ2n) is 8.68. The summed E-state index contributed by atoms with van der Waals surface area (Å²) >= 11 is 12.3. The molecule has 1 heterocycles. The highest BCUT2D eigenvalue weighted by atomic mass is 35.5. The van der Waals surface area contributed by atoms with E-state index in [1.54, 1.807) is 12.1 Å². The van der Waals surface area contributed by atoms with Gasteiger partial charge >= 0.3 is 0 Å². The number of halogens is 3. The first-order valence-electron chi connectivity index (χ1n) is 10.8. The summed E-state index contributed by atoms with van der Waals surface area (Å²) in [6.45, 7) is 4.61. The maximum atomic E-state index is 14.3. The normalized spacial score (nSPS) is 18.7. The van der Waals surface area contributed by atoms with Gasteiger partial charge in [-0.3, -0.25) is 9.69 Å². The summed E-state index contributed by atoms with van der Waals surface area (Å²) in [7, 11) is 0. The summed E-state index contributed by atoms with van der Waals surface area (Å²) in [6.07, 6.45) is 4.06. The predicted octanol–water partition coefficient (Wildman–Crippen LogP) is 5.96. The molecule has 7 heteroatoms. The topological polar surface area (TPSA) is 55.6 Å². The zero-order valence-corrected chi connectivity index (χ0v) is 19.1. The molecule has 2 fully saturated rings. The van der Waals surface area contributed by atoms with Crippen molar-refractivity contribution < 1.29 is 13.9 Å². The van der Waals surface area contributed by atoms with Crippen LogP contribution >= 0.6 is 23.2 Å². The number of benzene rings is 2. The van der Waals surface area contributed by atoms with Gasteiger partial charge in [-0.2, -0.15) is 0 Å². The lowest BCUT2D eigenvalue weighted by molar-refractivity contribution is 0.0995. The predicted molar refractivity (Wildman–Crippen MR) is 122 cm³/mol. The van der Waals surface area contributed by atoms with Crippen LogP contribution in [-0.2, 0) is 0 Å². The fourth-order valence-electron chi connectivity index (χ4n) is 4.34. The van der Waals surface area contributed by atoms with Crippen molar-refractivity contribution in [2.45, 2.75) is 44.6 Å². The van der Waals surface area contributed by atoms with E-state index in [1.807, 2.05) is 12.1 Å². The van der Waals surface area contributed by atoms with E-state index in [4.69, 9.17) is 33.7 Å². The summed E-state index contributed by atoms with van der Waals surface area (Å²) in [5.41, 5.74) is 7.26. The Balaban J connectivity index is 1.35. The van der Waals surface area contributed by atoms with E-state index in [2.05, 4.69) is 11.8 Å². The molecule has 31 heavy (non-hydrogen) atoms. The Morgan fingerprint density at radius 1 is 1.13 bits per heavy atom. The van der Waals surface area contributed by atoms with Gasteiger partial charge in [0.25, 0.3) is 5.91 Å². The zero-order valence-electron chi connectivity index (χ0n) is 17.5. The van der Waals surface area contributed by atoms with E-state index in [9.17, 15) is 9.18 Å². The van der Waals surface area contributed by atoms with Crippen LogP contribution < -0.4 is 10.5 Å². The number of hydrogen-bond acceptors (Lipinski definition) is 3. The Hall–Kier alpha value is -1.82. The first-order valence-corrected chi connectivity index (χ1v) is 11.5. The Morgan fingerprint density at radius 2 is 1.77 bits per heavy atom. The molecule has 0 aromatic heterocycles. The molecule has 1 atom stereocenters. The van der Waals surface area contributed by atoms with Crippen molar-refractivity contribution >= 4 is 29.1 Å². The molecule has 1 aliphatic heterocycles. The number of nitrogens with two attached hydrogens (primary N) is 1. The van der Waals surface area contributed by atoms with Gasteiger partial charge in [0.15, 0.2) is 0 Å². The largest absolute Gasteiger partial charge is 0.493 e. The average Bonchev–Trinajstić information content (AvgIpc) is 3.56. The molecule has 1 saturated carbocycles. The van der Waals surface area contributed by atoms with E-state index >= 15 is 0 Å². The molecule has 0 bridgehead atoms. The molecule has 0 radical (unpaired) electrons. The number of likely N-dealkylation sites (tertiary alicyclic amines) is 1. The first-order chi connectivity index (χ1) is 14.8. The maximum Gasteiger partial charge on any atom is 0.251 e. The van der Waals surface area contributed by atoms with Crippen molar-refractivity contribution in [3.05, 3.63) is 62.9 Å². The molecule has 1 amide bonds. The van der Waals surface area contributed by atoms with Crippen LogP contribution in [0.25, 0.3) is 0 Å². The molecule has 2 aliphatic rings. The Kier molecular flexibility index (Phi) is 6.75. The summed E-state index contributed by atoms with van der Waals surface area (Å²) < 4.78 is 20.3. The molecule has 1 unspecified atom stereocenters. The number of ether oxygens (including phenoxy) is 1. The number of amides is 1. The number of nitrogens with zero attached hydrogens (tertiary/aromatic N) is 1. The minimum Gasteiger partial charge on any atom is -0.493 e. The summed E-state index contributed by atoms with van der Waals surface area (Å²) in [6, 6.07) is 8.82. The molecule has 2 aromatic rings. The van der Waals surface area contributed by atoms with Gasteiger partial charge in [0.2, 0.25) is 0 Å². The average molecular weight is 465 g/mol. The molecule has 166 valence electrons. The van der Waals surface area contributed by atoms with Crippen molar-refractivity contribution in [3.63, 3.8) is 0 Å². The lowest BCUT2D eigenvalue weighted by atomic mass is 9.95. The van der Waals surface area contributed by atoms with Crippen LogP contribution in [0.1, 0.15) is 66.1 Å². The fraction of sp³-hybridized carbons (Fsp3) is 0.458. The molecule has 2 aromatic carbocycles. The van der Waals surface area contributed by atoms with Crippen LogP contribution in [0.3, 0.4) is 0 Å². The number of primary amides is 1. The van der Waals surface area contributed by atoms with Crippen LogP contribution in [-0.4, -0.2) is 30.5 Å². The van der Waals surface area contributed by atoms with Gasteiger partial charge in [0.1, 0.15) is 11.6 Å². The quantitative estimate of drug-likeness (QED) is 0.549. The van der Waals surface area contributed by atoms with E-state index in [-0.39, 0.29) is 11.6 Å². The van der Waals surface area contributed by atoms with E-state index in [0.29, 0.717) is 34.2 Å². The molecule has 0 spiro atoms. The lowest BCUT2D eigenvalue weighted by Crippen LogP contribution is -2.37. The van der Waals surface area contributed by atoms with Gasteiger partial charge in [0, 0.05) is 22.2 Å². The monoisotopic (exact) mass is 464 g/mol. The van der Waals surface area contributed by atoms with Gasteiger partial charge < -0.3 is 10.5 Å². The van der Waals surface area contributed by atoms with Crippen LogP contribution in [0.15, 0.2) is 30.3 Å². The van der Waals surface area contributed by atoms with Gasteiger partial charge in [-0.15, -0.1) is 0 Å². The Bertz CT molecular complexity index is 952. The second kappa shape index (κ2) is 9.35. The highest BCUT2D eigenvalue weighted by Gasteiger charge is 2.30.